The number of nitrogens with zero attached hydrogens (tertiary/aromatic N) is 2. The van der Waals surface area contributed by atoms with Crippen LogP contribution in [0.25, 0.3) is 11.1 Å². The second-order valence-corrected chi connectivity index (χ2v) is 7.86. The lowest BCUT2D eigenvalue weighted by Crippen LogP contribution is -2.16. The molecule has 1 aromatic carbocycles. The first-order valence-corrected chi connectivity index (χ1v) is 7.74. The van der Waals surface area contributed by atoms with Gasteiger partial charge in [0.2, 0.25) is 0 Å². The van der Waals surface area contributed by atoms with Crippen molar-refractivity contribution in [2.45, 2.75) is 30.4 Å². The standard InChI is InChI=1S/C17H16N4OS/c1-17(2,3)23-11-6-4-10(5-7-11)14-12(8-18)15(20)21-16(22)13(14)9-19/h4-7H,1-3H3,(H3,20,21,22). The molecule has 0 aliphatic heterocycles. The van der Waals surface area contributed by atoms with Gasteiger partial charge in [-0.05, 0) is 17.7 Å². The Kier molecular flexibility index (Phi) is 4.49. The molecule has 23 heavy (non-hydrogen) atoms. The summed E-state index contributed by atoms with van der Waals surface area (Å²) in [6.45, 7) is 6.35. The van der Waals surface area contributed by atoms with Crippen molar-refractivity contribution in [1.82, 2.24) is 4.98 Å². The van der Waals surface area contributed by atoms with E-state index in [1.54, 1.807) is 23.9 Å². The smallest absolute Gasteiger partial charge is 0.268 e. The summed E-state index contributed by atoms with van der Waals surface area (Å²) >= 11 is 1.71. The Balaban J connectivity index is 2.61. The molecule has 1 aromatic heterocycles. The monoisotopic (exact) mass is 324 g/mol. The highest BCUT2D eigenvalue weighted by atomic mass is 32.2. The Morgan fingerprint density at radius 1 is 1.09 bits per heavy atom. The Labute approximate surface area is 138 Å². The Hall–Kier alpha value is -2.70. The van der Waals surface area contributed by atoms with E-state index in [-0.39, 0.29) is 27.3 Å². The van der Waals surface area contributed by atoms with Crippen molar-refractivity contribution >= 4 is 17.6 Å². The van der Waals surface area contributed by atoms with Crippen LogP contribution >= 0.6 is 11.8 Å². The van der Waals surface area contributed by atoms with E-state index >= 15 is 0 Å². The van der Waals surface area contributed by atoms with E-state index in [0.717, 1.165) is 4.90 Å². The molecule has 0 fully saturated rings. The molecule has 0 aliphatic rings. The summed E-state index contributed by atoms with van der Waals surface area (Å²) < 4.78 is 0.0749. The normalized spacial score (nSPS) is 10.8. The highest BCUT2D eigenvalue weighted by molar-refractivity contribution is 8.00. The van der Waals surface area contributed by atoms with Crippen molar-refractivity contribution in [1.29, 1.82) is 10.5 Å². The van der Waals surface area contributed by atoms with Gasteiger partial charge in [0.15, 0.2) is 0 Å². The summed E-state index contributed by atoms with van der Waals surface area (Å²) in [7, 11) is 0. The number of hydrogen-bond acceptors (Lipinski definition) is 5. The van der Waals surface area contributed by atoms with Gasteiger partial charge in [0, 0.05) is 15.2 Å². The second kappa shape index (κ2) is 6.20. The lowest BCUT2D eigenvalue weighted by molar-refractivity contribution is 0.803. The summed E-state index contributed by atoms with van der Waals surface area (Å²) in [6, 6.07) is 11.2. The zero-order chi connectivity index (χ0) is 17.2. The van der Waals surface area contributed by atoms with Gasteiger partial charge < -0.3 is 10.7 Å². The van der Waals surface area contributed by atoms with E-state index in [9.17, 15) is 15.3 Å². The van der Waals surface area contributed by atoms with Gasteiger partial charge in [-0.2, -0.15) is 10.5 Å². The summed E-state index contributed by atoms with van der Waals surface area (Å²) in [4.78, 5) is 15.3. The number of nitrogen functional groups attached to an aromatic ring is 1. The molecule has 0 radical (unpaired) electrons. The van der Waals surface area contributed by atoms with Crippen LogP contribution < -0.4 is 11.3 Å². The number of H-pyrrole nitrogens is 1. The largest absolute Gasteiger partial charge is 0.384 e. The number of nitrogens with two attached hydrogens (primary N) is 1. The number of pyridine rings is 1. The molecular weight excluding hydrogens is 308 g/mol. The fraction of sp³-hybridized carbons (Fsp3) is 0.235. The van der Waals surface area contributed by atoms with Crippen LogP contribution in [0.2, 0.25) is 0 Å². The average Bonchev–Trinajstić information content (AvgIpc) is 2.46. The molecule has 5 nitrogen and oxygen atoms in total. The van der Waals surface area contributed by atoms with E-state index in [0.29, 0.717) is 5.56 Å². The molecule has 6 heteroatoms. The highest BCUT2D eigenvalue weighted by Gasteiger charge is 2.18. The molecule has 116 valence electrons. The SMILES string of the molecule is CC(C)(C)Sc1ccc(-c2c(C#N)c(N)[nH]c(=O)c2C#N)cc1. The summed E-state index contributed by atoms with van der Waals surface area (Å²) in [5.74, 6) is -0.0281. The lowest BCUT2D eigenvalue weighted by Gasteiger charge is -2.17. The Morgan fingerprint density at radius 3 is 2.13 bits per heavy atom. The van der Waals surface area contributed by atoms with E-state index < -0.39 is 5.56 Å². The van der Waals surface area contributed by atoms with Crippen LogP contribution in [0.4, 0.5) is 5.82 Å². The van der Waals surface area contributed by atoms with Crippen molar-refractivity contribution in [3.8, 4) is 23.3 Å². The molecule has 0 amide bonds. The predicted molar refractivity (Wildman–Crippen MR) is 92.0 cm³/mol. The molecule has 0 aliphatic carbocycles. The molecule has 0 saturated carbocycles. The molecule has 0 saturated heterocycles. The van der Waals surface area contributed by atoms with Crippen LogP contribution in [0.5, 0.6) is 0 Å². The second-order valence-electron chi connectivity index (χ2n) is 5.96. The van der Waals surface area contributed by atoms with Crippen LogP contribution in [0.1, 0.15) is 31.9 Å². The minimum atomic E-state index is -0.591. The maximum Gasteiger partial charge on any atom is 0.268 e. The number of benzene rings is 1. The Bertz CT molecular complexity index is 878. The molecule has 3 N–H and O–H groups in total. The van der Waals surface area contributed by atoms with Gasteiger partial charge in [-0.3, -0.25) is 4.79 Å². The quantitative estimate of drug-likeness (QED) is 0.825. The number of nitriles is 2. The van der Waals surface area contributed by atoms with Crippen LogP contribution in [-0.2, 0) is 0 Å². The number of thioether (sulfide) groups is 1. The van der Waals surface area contributed by atoms with Crippen molar-refractivity contribution in [2.24, 2.45) is 0 Å². The molecule has 0 bridgehead atoms. The minimum Gasteiger partial charge on any atom is -0.384 e. The van der Waals surface area contributed by atoms with E-state index in [1.807, 2.05) is 24.3 Å². The fourth-order valence-corrected chi connectivity index (χ4v) is 3.15. The van der Waals surface area contributed by atoms with Gasteiger partial charge in [-0.25, -0.2) is 0 Å². The summed E-state index contributed by atoms with van der Waals surface area (Å²) in [6.07, 6.45) is 0. The first-order chi connectivity index (χ1) is 10.8. The zero-order valence-electron chi connectivity index (χ0n) is 13.1. The number of nitrogens with one attached hydrogen (secondary N) is 1. The number of aromatic amines is 1. The molecular formula is C17H16N4OS. The van der Waals surface area contributed by atoms with Crippen LogP contribution in [0.15, 0.2) is 34.0 Å². The first-order valence-electron chi connectivity index (χ1n) is 6.92. The molecule has 1 heterocycles. The third-order valence-corrected chi connectivity index (χ3v) is 4.16. The maximum absolute atomic E-state index is 11.9. The van der Waals surface area contributed by atoms with Crippen LogP contribution in [0.3, 0.4) is 0 Å². The lowest BCUT2D eigenvalue weighted by atomic mass is 9.97. The number of anilines is 1. The summed E-state index contributed by atoms with van der Waals surface area (Å²) in [5, 5.41) is 18.6. The van der Waals surface area contributed by atoms with Crippen LogP contribution in [-0.4, -0.2) is 9.73 Å². The molecule has 0 spiro atoms. The Morgan fingerprint density at radius 2 is 1.65 bits per heavy atom. The number of aromatic nitrogens is 1. The molecule has 2 aromatic rings. The third-order valence-electron chi connectivity index (χ3n) is 3.04. The summed E-state index contributed by atoms with van der Waals surface area (Å²) in [5.41, 5.74) is 6.03. The van der Waals surface area contributed by atoms with Gasteiger partial charge in [-0.15, -0.1) is 11.8 Å². The van der Waals surface area contributed by atoms with Gasteiger partial charge in [0.05, 0.1) is 0 Å². The van der Waals surface area contributed by atoms with E-state index in [2.05, 4.69) is 25.8 Å². The predicted octanol–water partition coefficient (Wildman–Crippen LogP) is 3.26. The maximum atomic E-state index is 11.9. The van der Waals surface area contributed by atoms with Gasteiger partial charge in [-0.1, -0.05) is 32.9 Å². The third kappa shape index (κ3) is 3.56. The highest BCUT2D eigenvalue weighted by Crippen LogP contribution is 2.34. The first kappa shape index (κ1) is 16.7. The van der Waals surface area contributed by atoms with Gasteiger partial charge in [0.25, 0.3) is 5.56 Å². The zero-order valence-corrected chi connectivity index (χ0v) is 13.9. The van der Waals surface area contributed by atoms with Crippen molar-refractivity contribution in [3.05, 3.63) is 45.7 Å². The molecule has 0 unspecified atom stereocenters. The average molecular weight is 324 g/mol. The van der Waals surface area contributed by atoms with Crippen LogP contribution in [0, 0.1) is 22.7 Å². The molecule has 0 atom stereocenters. The topological polar surface area (TPSA) is 106 Å². The number of rotatable bonds is 2. The number of hydrogen-bond donors (Lipinski definition) is 2. The molecule has 2 rings (SSSR count). The van der Waals surface area contributed by atoms with E-state index in [1.165, 1.54) is 0 Å². The van der Waals surface area contributed by atoms with E-state index in [4.69, 9.17) is 5.73 Å². The van der Waals surface area contributed by atoms with Crippen molar-refractivity contribution < 1.29 is 0 Å². The van der Waals surface area contributed by atoms with Crippen molar-refractivity contribution in [3.63, 3.8) is 0 Å². The fourth-order valence-electron chi connectivity index (χ4n) is 2.18. The van der Waals surface area contributed by atoms with Crippen molar-refractivity contribution in [2.75, 3.05) is 5.73 Å². The van der Waals surface area contributed by atoms with Gasteiger partial charge >= 0.3 is 0 Å². The van der Waals surface area contributed by atoms with Gasteiger partial charge in [0.1, 0.15) is 29.1 Å². The minimum absolute atomic E-state index is 0.0281.